The summed E-state index contributed by atoms with van der Waals surface area (Å²) in [5.74, 6) is 0.531. The summed E-state index contributed by atoms with van der Waals surface area (Å²) in [4.78, 5) is 24.4. The molecule has 0 aliphatic heterocycles. The molecule has 1 aromatic rings. The largest absolute Gasteiger partial charge is 0.328 e. The summed E-state index contributed by atoms with van der Waals surface area (Å²) in [5.41, 5.74) is -1.19. The van der Waals surface area contributed by atoms with Crippen LogP contribution in [0.25, 0.3) is 0 Å². The van der Waals surface area contributed by atoms with Crippen LogP contribution in [0.3, 0.4) is 0 Å². The number of aryl methyl sites for hydroxylation is 1. The van der Waals surface area contributed by atoms with Gasteiger partial charge >= 0.3 is 5.69 Å². The van der Waals surface area contributed by atoms with Crippen LogP contribution < -0.4 is 11.2 Å². The molecular formula is C9H10ClN3O2. The van der Waals surface area contributed by atoms with Crippen LogP contribution >= 0.6 is 11.6 Å². The minimum absolute atomic E-state index is 0.0551. The Hall–Kier alpha value is -1.54. The fraction of sp³-hybridized carbons (Fsp3) is 0.444. The molecule has 0 spiro atoms. The highest BCUT2D eigenvalue weighted by Gasteiger charge is 2.02. The molecule has 0 saturated carbocycles. The van der Waals surface area contributed by atoms with E-state index in [2.05, 4.69) is 4.98 Å². The molecule has 5 nitrogen and oxygen atoms in total. The second-order valence-electron chi connectivity index (χ2n) is 3.00. The normalized spacial score (nSPS) is 9.87. The number of halogens is 1. The number of nitrogens with zero attached hydrogens (tertiary/aromatic N) is 2. The maximum Gasteiger partial charge on any atom is 0.328 e. The van der Waals surface area contributed by atoms with E-state index in [0.29, 0.717) is 12.4 Å². The Kier molecular flexibility index (Phi) is 4.13. The van der Waals surface area contributed by atoms with E-state index in [-0.39, 0.29) is 5.56 Å². The van der Waals surface area contributed by atoms with Crippen molar-refractivity contribution in [2.45, 2.75) is 19.4 Å². The first-order valence-corrected chi connectivity index (χ1v) is 5.02. The monoisotopic (exact) mass is 227 g/mol. The SMILES string of the molecule is N#Cc1cn(CCCCCl)c(=O)[nH]c1=O. The van der Waals surface area contributed by atoms with Crippen molar-refractivity contribution in [3.8, 4) is 6.07 Å². The van der Waals surface area contributed by atoms with E-state index in [1.165, 1.54) is 10.8 Å². The Morgan fingerprint density at radius 3 is 2.80 bits per heavy atom. The first kappa shape index (κ1) is 11.5. The van der Waals surface area contributed by atoms with Gasteiger partial charge in [-0.15, -0.1) is 11.6 Å². The third-order valence-electron chi connectivity index (χ3n) is 1.91. The van der Waals surface area contributed by atoms with E-state index in [0.717, 1.165) is 12.8 Å². The van der Waals surface area contributed by atoms with Crippen LogP contribution in [0.1, 0.15) is 18.4 Å². The number of H-pyrrole nitrogens is 1. The summed E-state index contributed by atoms with van der Waals surface area (Å²) in [5, 5.41) is 8.60. The van der Waals surface area contributed by atoms with Gasteiger partial charge in [0.25, 0.3) is 5.56 Å². The predicted molar refractivity (Wildman–Crippen MR) is 56.0 cm³/mol. The van der Waals surface area contributed by atoms with Crippen LogP contribution in [0.5, 0.6) is 0 Å². The lowest BCUT2D eigenvalue weighted by Crippen LogP contribution is -2.31. The van der Waals surface area contributed by atoms with E-state index >= 15 is 0 Å². The molecule has 0 aliphatic carbocycles. The zero-order valence-electron chi connectivity index (χ0n) is 7.99. The van der Waals surface area contributed by atoms with Crippen LogP contribution in [-0.2, 0) is 6.54 Å². The Bertz CT molecular complexity index is 483. The van der Waals surface area contributed by atoms with Gasteiger partial charge in [0.05, 0.1) is 0 Å². The number of hydrogen-bond donors (Lipinski definition) is 1. The molecule has 1 N–H and O–H groups in total. The van der Waals surface area contributed by atoms with Crippen LogP contribution in [0.15, 0.2) is 15.8 Å². The Balaban J connectivity index is 2.94. The number of rotatable bonds is 4. The van der Waals surface area contributed by atoms with Crippen molar-refractivity contribution >= 4 is 11.6 Å². The average molecular weight is 228 g/mol. The molecule has 80 valence electrons. The quantitative estimate of drug-likeness (QED) is 0.598. The molecule has 0 fully saturated rings. The van der Waals surface area contributed by atoms with E-state index < -0.39 is 11.2 Å². The number of alkyl halides is 1. The first-order chi connectivity index (χ1) is 7.19. The second kappa shape index (κ2) is 5.37. The Morgan fingerprint density at radius 2 is 2.20 bits per heavy atom. The van der Waals surface area contributed by atoms with Crippen molar-refractivity contribution < 1.29 is 0 Å². The number of aromatic nitrogens is 2. The molecule has 0 saturated heterocycles. The topological polar surface area (TPSA) is 78.7 Å². The van der Waals surface area contributed by atoms with Gasteiger partial charge in [-0.25, -0.2) is 4.79 Å². The maximum atomic E-state index is 11.3. The van der Waals surface area contributed by atoms with Gasteiger partial charge in [-0.1, -0.05) is 0 Å². The standard InChI is InChI=1S/C9H10ClN3O2/c10-3-1-2-4-13-6-7(5-11)8(14)12-9(13)15/h6H,1-4H2,(H,12,14,15). The smallest absolute Gasteiger partial charge is 0.299 e. The van der Waals surface area contributed by atoms with Gasteiger partial charge in [0, 0.05) is 18.6 Å². The van der Waals surface area contributed by atoms with Gasteiger partial charge in [-0.2, -0.15) is 5.26 Å². The Morgan fingerprint density at radius 1 is 1.47 bits per heavy atom. The molecule has 0 aromatic carbocycles. The first-order valence-electron chi connectivity index (χ1n) is 4.49. The maximum absolute atomic E-state index is 11.3. The van der Waals surface area contributed by atoms with Crippen molar-refractivity contribution in [2.75, 3.05) is 5.88 Å². The molecule has 0 aliphatic rings. The lowest BCUT2D eigenvalue weighted by molar-refractivity contribution is 0.597. The number of aromatic amines is 1. The van der Waals surface area contributed by atoms with Crippen molar-refractivity contribution in [1.82, 2.24) is 9.55 Å². The molecule has 1 aromatic heterocycles. The van der Waals surface area contributed by atoms with E-state index in [1.54, 1.807) is 6.07 Å². The summed E-state index contributed by atoms with van der Waals surface area (Å²) in [7, 11) is 0. The summed E-state index contributed by atoms with van der Waals surface area (Å²) < 4.78 is 1.31. The van der Waals surface area contributed by atoms with Gasteiger partial charge in [0.1, 0.15) is 11.6 Å². The summed E-state index contributed by atoms with van der Waals surface area (Å²) in [6.45, 7) is 0.455. The summed E-state index contributed by atoms with van der Waals surface area (Å²) in [6.07, 6.45) is 2.80. The number of nitriles is 1. The zero-order chi connectivity index (χ0) is 11.3. The Labute approximate surface area is 90.9 Å². The molecule has 0 bridgehead atoms. The van der Waals surface area contributed by atoms with Crippen molar-refractivity contribution in [2.24, 2.45) is 0 Å². The molecule has 1 heterocycles. The minimum atomic E-state index is -0.643. The fourth-order valence-corrected chi connectivity index (χ4v) is 1.32. The van der Waals surface area contributed by atoms with E-state index in [4.69, 9.17) is 16.9 Å². The van der Waals surface area contributed by atoms with Gasteiger partial charge in [0.15, 0.2) is 0 Å². The van der Waals surface area contributed by atoms with Gasteiger partial charge in [0.2, 0.25) is 0 Å². The lowest BCUT2D eigenvalue weighted by atomic mass is 10.3. The van der Waals surface area contributed by atoms with Crippen LogP contribution in [0.4, 0.5) is 0 Å². The molecule has 0 unspecified atom stereocenters. The third kappa shape index (κ3) is 2.96. The highest BCUT2D eigenvalue weighted by atomic mass is 35.5. The van der Waals surface area contributed by atoms with Gasteiger partial charge < -0.3 is 0 Å². The third-order valence-corrected chi connectivity index (χ3v) is 2.18. The van der Waals surface area contributed by atoms with Crippen molar-refractivity contribution in [3.63, 3.8) is 0 Å². The average Bonchev–Trinajstić information content (AvgIpc) is 2.21. The highest BCUT2D eigenvalue weighted by molar-refractivity contribution is 6.17. The van der Waals surface area contributed by atoms with E-state index in [1.807, 2.05) is 0 Å². The molecule has 1 rings (SSSR count). The van der Waals surface area contributed by atoms with Crippen LogP contribution in [-0.4, -0.2) is 15.4 Å². The lowest BCUT2D eigenvalue weighted by Gasteiger charge is -2.03. The molecule has 15 heavy (non-hydrogen) atoms. The van der Waals surface area contributed by atoms with Gasteiger partial charge in [-0.05, 0) is 12.8 Å². The van der Waals surface area contributed by atoms with Crippen LogP contribution in [0, 0.1) is 11.3 Å². The van der Waals surface area contributed by atoms with E-state index in [9.17, 15) is 9.59 Å². The summed E-state index contributed by atoms with van der Waals surface area (Å²) in [6, 6.07) is 1.72. The number of hydrogen-bond acceptors (Lipinski definition) is 3. The molecule has 0 radical (unpaired) electrons. The van der Waals surface area contributed by atoms with Gasteiger partial charge in [-0.3, -0.25) is 14.3 Å². The second-order valence-corrected chi connectivity index (χ2v) is 3.38. The van der Waals surface area contributed by atoms with Crippen molar-refractivity contribution in [1.29, 1.82) is 5.26 Å². The highest BCUT2D eigenvalue weighted by Crippen LogP contribution is 1.95. The molecular weight excluding hydrogens is 218 g/mol. The molecule has 6 heteroatoms. The summed E-state index contributed by atoms with van der Waals surface area (Å²) >= 11 is 5.49. The fourth-order valence-electron chi connectivity index (χ4n) is 1.13. The van der Waals surface area contributed by atoms with Crippen LogP contribution in [0.2, 0.25) is 0 Å². The molecule has 0 atom stereocenters. The number of unbranched alkanes of at least 4 members (excludes halogenated alkanes) is 1. The van der Waals surface area contributed by atoms with Crippen molar-refractivity contribution in [3.05, 3.63) is 32.6 Å². The molecule has 0 amide bonds. The number of nitrogens with one attached hydrogen (secondary N) is 1. The zero-order valence-corrected chi connectivity index (χ0v) is 8.75. The predicted octanol–water partition coefficient (Wildman–Crippen LogP) is 0.427. The minimum Gasteiger partial charge on any atom is -0.299 e.